The SMILES string of the molecule is COc1cc(C2c3sc(=O)[nH]c3SC3C4CC(C5C(=O)N(c6ccc(C)cc6)C(=O)C45)C23)ccc1OCC(C)C. The Morgan fingerprint density at radius 2 is 1.73 bits per heavy atom. The average molecular weight is 577 g/mol. The highest BCUT2D eigenvalue weighted by Gasteiger charge is 2.69. The monoisotopic (exact) mass is 576 g/mol. The predicted octanol–water partition coefficient (Wildman–Crippen LogP) is 5.47. The molecule has 2 saturated carbocycles. The molecule has 1 aromatic heterocycles. The van der Waals surface area contributed by atoms with Gasteiger partial charge in [0.05, 0.1) is 36.3 Å². The lowest BCUT2D eigenvalue weighted by molar-refractivity contribution is -0.123. The number of H-pyrrole nitrogens is 1. The fraction of sp³-hybridized carbons (Fsp3) is 0.452. The molecular formula is C31H32N2O5S2. The molecule has 0 radical (unpaired) electrons. The van der Waals surface area contributed by atoms with Crippen LogP contribution in [0.4, 0.5) is 5.69 Å². The van der Waals surface area contributed by atoms with Crippen LogP contribution in [0, 0.1) is 42.4 Å². The van der Waals surface area contributed by atoms with E-state index in [9.17, 15) is 14.4 Å². The highest BCUT2D eigenvalue weighted by atomic mass is 32.2. The maximum Gasteiger partial charge on any atom is 0.305 e. The molecule has 1 N–H and O–H groups in total. The number of ether oxygens (including phenoxy) is 2. The van der Waals surface area contributed by atoms with Gasteiger partial charge < -0.3 is 14.5 Å². The van der Waals surface area contributed by atoms with Gasteiger partial charge in [-0.1, -0.05) is 48.9 Å². The quantitative estimate of drug-likeness (QED) is 0.392. The maximum atomic E-state index is 13.9. The van der Waals surface area contributed by atoms with Crippen LogP contribution in [0.5, 0.6) is 11.5 Å². The number of hydrogen-bond donors (Lipinski definition) is 1. The summed E-state index contributed by atoms with van der Waals surface area (Å²) in [6.45, 7) is 6.79. The minimum Gasteiger partial charge on any atom is -0.493 e. The van der Waals surface area contributed by atoms with Crippen LogP contribution in [-0.2, 0) is 9.59 Å². The van der Waals surface area contributed by atoms with E-state index >= 15 is 0 Å². The van der Waals surface area contributed by atoms with Gasteiger partial charge >= 0.3 is 4.87 Å². The Morgan fingerprint density at radius 3 is 2.42 bits per heavy atom. The fourth-order valence-corrected chi connectivity index (χ4v) is 10.5. The first-order chi connectivity index (χ1) is 19.3. The third-order valence-electron chi connectivity index (χ3n) is 9.14. The molecule has 208 valence electrons. The van der Waals surface area contributed by atoms with Gasteiger partial charge in [-0.25, -0.2) is 0 Å². The molecule has 2 bridgehead atoms. The van der Waals surface area contributed by atoms with Gasteiger partial charge in [-0.2, -0.15) is 0 Å². The standard InChI is InChI=1S/C31H32N2O5S2/c1-14(2)13-38-20-10-7-16(11-21(20)37-4)22-23-18-12-19(26(23)39-28-27(22)40-31(36)32-28)25-24(18)29(34)33(30(25)35)17-8-5-15(3)6-9-17/h5-11,14,18-19,22-26H,12-13H2,1-4H3,(H,32,36). The largest absolute Gasteiger partial charge is 0.493 e. The summed E-state index contributed by atoms with van der Waals surface area (Å²) in [4.78, 5) is 45.7. The summed E-state index contributed by atoms with van der Waals surface area (Å²) in [7, 11) is 1.64. The van der Waals surface area contributed by atoms with E-state index in [0.717, 1.165) is 27.5 Å². The highest BCUT2D eigenvalue weighted by molar-refractivity contribution is 8.00. The molecule has 3 aromatic rings. The van der Waals surface area contributed by atoms with E-state index in [1.165, 1.54) is 16.2 Å². The molecule has 4 aliphatic rings. The number of carbonyl (C=O) groups excluding carboxylic acids is 2. The smallest absolute Gasteiger partial charge is 0.305 e. The van der Waals surface area contributed by atoms with Crippen molar-refractivity contribution in [2.75, 3.05) is 18.6 Å². The van der Waals surface area contributed by atoms with Crippen molar-refractivity contribution in [3.63, 3.8) is 0 Å². The van der Waals surface area contributed by atoms with Gasteiger partial charge in [-0.15, -0.1) is 11.8 Å². The summed E-state index contributed by atoms with van der Waals surface area (Å²) in [5.74, 6) is 1.20. The van der Waals surface area contributed by atoms with E-state index in [-0.39, 0.29) is 57.4 Å². The third kappa shape index (κ3) is 3.80. The molecule has 2 aliphatic heterocycles. The molecule has 1 saturated heterocycles. The van der Waals surface area contributed by atoms with Crippen molar-refractivity contribution in [2.45, 2.75) is 43.4 Å². The third-order valence-corrected chi connectivity index (χ3v) is 11.7. The molecule has 3 fully saturated rings. The number of nitrogens with zero attached hydrogens (tertiary/aromatic N) is 1. The molecule has 7 atom stereocenters. The van der Waals surface area contributed by atoms with Crippen LogP contribution in [0.3, 0.4) is 0 Å². The van der Waals surface area contributed by atoms with Crippen LogP contribution in [0.2, 0.25) is 0 Å². The Balaban J connectivity index is 1.28. The number of methoxy groups -OCH3 is 1. The Labute approximate surface area is 241 Å². The summed E-state index contributed by atoms with van der Waals surface area (Å²) in [6.07, 6.45) is 0.860. The highest BCUT2D eigenvalue weighted by Crippen LogP contribution is 2.68. The van der Waals surface area contributed by atoms with Crippen LogP contribution in [0.25, 0.3) is 0 Å². The summed E-state index contributed by atoms with van der Waals surface area (Å²) in [6, 6.07) is 13.7. The van der Waals surface area contributed by atoms with Gasteiger partial charge in [0, 0.05) is 16.0 Å². The summed E-state index contributed by atoms with van der Waals surface area (Å²) in [5.41, 5.74) is 2.80. The lowest BCUT2D eigenvalue weighted by Crippen LogP contribution is -2.42. The van der Waals surface area contributed by atoms with Crippen molar-refractivity contribution in [1.82, 2.24) is 4.98 Å². The minimum absolute atomic E-state index is 0.0643. The minimum atomic E-state index is -0.323. The number of nitrogens with one attached hydrogen (secondary N) is 1. The van der Waals surface area contributed by atoms with Crippen molar-refractivity contribution >= 4 is 40.6 Å². The number of rotatable bonds is 6. The Kier molecular flexibility index (Phi) is 6.16. The van der Waals surface area contributed by atoms with Gasteiger partial charge in [0.1, 0.15) is 0 Å². The van der Waals surface area contributed by atoms with Crippen molar-refractivity contribution < 1.29 is 19.1 Å². The number of fused-ring (bicyclic) bond motifs is 9. The first kappa shape index (κ1) is 25.9. The molecule has 2 aromatic carbocycles. The zero-order valence-electron chi connectivity index (χ0n) is 22.9. The molecule has 2 aliphatic carbocycles. The van der Waals surface area contributed by atoms with Crippen molar-refractivity contribution in [3.05, 3.63) is 68.1 Å². The molecule has 9 heteroatoms. The second-order valence-electron chi connectivity index (χ2n) is 11.9. The van der Waals surface area contributed by atoms with E-state index in [0.29, 0.717) is 29.7 Å². The number of thiazole rings is 1. The van der Waals surface area contributed by atoms with Gasteiger partial charge in [0.25, 0.3) is 0 Å². The number of imide groups is 1. The zero-order valence-corrected chi connectivity index (χ0v) is 24.5. The number of hydrogen-bond acceptors (Lipinski definition) is 7. The second-order valence-corrected chi connectivity index (χ2v) is 14.1. The zero-order chi connectivity index (χ0) is 27.9. The Bertz CT molecular complexity index is 1560. The van der Waals surface area contributed by atoms with E-state index in [2.05, 4.69) is 24.9 Å². The van der Waals surface area contributed by atoms with Gasteiger partial charge in [0.2, 0.25) is 11.8 Å². The number of carbonyl (C=O) groups is 2. The molecule has 40 heavy (non-hydrogen) atoms. The summed E-state index contributed by atoms with van der Waals surface area (Å²) >= 11 is 2.96. The van der Waals surface area contributed by atoms with E-state index in [4.69, 9.17) is 9.47 Å². The average Bonchev–Trinajstić information content (AvgIpc) is 3.67. The molecule has 7 rings (SSSR count). The van der Waals surface area contributed by atoms with E-state index < -0.39 is 0 Å². The molecule has 0 spiro atoms. The first-order valence-corrected chi connectivity index (χ1v) is 15.6. The Hall–Kier alpha value is -3.04. The number of aromatic nitrogens is 1. The Morgan fingerprint density at radius 1 is 1.00 bits per heavy atom. The predicted molar refractivity (Wildman–Crippen MR) is 155 cm³/mol. The normalized spacial score (nSPS) is 30.0. The number of anilines is 1. The van der Waals surface area contributed by atoms with Crippen molar-refractivity contribution in [3.8, 4) is 11.5 Å². The van der Waals surface area contributed by atoms with Gasteiger partial charge in [-0.3, -0.25) is 19.3 Å². The van der Waals surface area contributed by atoms with Crippen molar-refractivity contribution in [2.24, 2.45) is 35.5 Å². The van der Waals surface area contributed by atoms with Gasteiger partial charge in [-0.05, 0) is 66.8 Å². The number of benzene rings is 2. The molecular weight excluding hydrogens is 544 g/mol. The molecule has 7 unspecified atom stereocenters. The number of aryl methyl sites for hydroxylation is 1. The molecule has 3 heterocycles. The summed E-state index contributed by atoms with van der Waals surface area (Å²) < 4.78 is 11.8. The van der Waals surface area contributed by atoms with E-state index in [1.54, 1.807) is 18.9 Å². The lowest BCUT2D eigenvalue weighted by atomic mass is 9.68. The van der Waals surface area contributed by atoms with Gasteiger partial charge in [0.15, 0.2) is 11.5 Å². The number of thioether (sulfide) groups is 1. The molecule has 2 amide bonds. The fourth-order valence-electron chi connectivity index (χ4n) is 7.59. The van der Waals surface area contributed by atoms with Crippen molar-refractivity contribution in [1.29, 1.82) is 0 Å². The number of aromatic amines is 1. The maximum absolute atomic E-state index is 13.9. The van der Waals surface area contributed by atoms with E-state index in [1.807, 2.05) is 43.3 Å². The van der Waals surface area contributed by atoms with Crippen LogP contribution < -0.4 is 19.2 Å². The molecule has 7 nitrogen and oxygen atoms in total. The van der Waals surface area contributed by atoms with Crippen LogP contribution >= 0.6 is 23.1 Å². The first-order valence-electron chi connectivity index (χ1n) is 13.9. The number of amides is 2. The lowest BCUT2D eigenvalue weighted by Gasteiger charge is -2.43. The second kappa shape index (κ2) is 9.52. The summed E-state index contributed by atoms with van der Waals surface area (Å²) in [5, 5.41) is 1.04. The van der Waals surface area contributed by atoms with Crippen LogP contribution in [0.1, 0.15) is 42.2 Å². The van der Waals surface area contributed by atoms with Crippen LogP contribution in [-0.4, -0.2) is 35.8 Å². The topological polar surface area (TPSA) is 88.7 Å². The van der Waals surface area contributed by atoms with Crippen LogP contribution in [0.15, 0.2) is 52.3 Å².